The Morgan fingerprint density at radius 1 is 1.18 bits per heavy atom. The lowest BCUT2D eigenvalue weighted by Gasteiger charge is -2.27. The number of amides is 1. The van der Waals surface area contributed by atoms with Gasteiger partial charge in [-0.15, -0.1) is 0 Å². The second kappa shape index (κ2) is 5.93. The molecule has 0 fully saturated rings. The Labute approximate surface area is 130 Å². The number of rotatable bonds is 2. The van der Waals surface area contributed by atoms with Crippen molar-refractivity contribution in [3.05, 3.63) is 64.2 Å². The van der Waals surface area contributed by atoms with E-state index in [1.165, 1.54) is 6.07 Å². The SMILES string of the molecule is O=C(NC1CCOc2ccc(Cl)cc21)c1ccc(F)c(F)c1. The largest absolute Gasteiger partial charge is 0.493 e. The van der Waals surface area contributed by atoms with E-state index in [0.717, 1.165) is 17.7 Å². The minimum Gasteiger partial charge on any atom is -0.493 e. The molecule has 3 rings (SSSR count). The molecule has 1 aliphatic heterocycles. The minimum absolute atomic E-state index is 0.0639. The molecule has 3 nitrogen and oxygen atoms in total. The zero-order chi connectivity index (χ0) is 15.7. The van der Waals surface area contributed by atoms with Crippen LogP contribution < -0.4 is 10.1 Å². The molecule has 1 heterocycles. The Kier molecular flexibility index (Phi) is 3.98. The van der Waals surface area contributed by atoms with Crippen molar-refractivity contribution in [2.45, 2.75) is 12.5 Å². The molecule has 0 saturated heterocycles. The van der Waals surface area contributed by atoms with Crippen LogP contribution in [-0.2, 0) is 0 Å². The number of fused-ring (bicyclic) bond motifs is 1. The van der Waals surface area contributed by atoms with Crippen molar-refractivity contribution in [3.63, 3.8) is 0 Å². The molecule has 6 heteroatoms. The third kappa shape index (κ3) is 2.90. The van der Waals surface area contributed by atoms with E-state index >= 15 is 0 Å². The molecule has 0 bridgehead atoms. The summed E-state index contributed by atoms with van der Waals surface area (Å²) >= 11 is 5.97. The monoisotopic (exact) mass is 323 g/mol. The molecule has 1 N–H and O–H groups in total. The van der Waals surface area contributed by atoms with Gasteiger partial charge in [0.2, 0.25) is 0 Å². The summed E-state index contributed by atoms with van der Waals surface area (Å²) in [5.41, 5.74) is 0.837. The van der Waals surface area contributed by atoms with Crippen LogP contribution in [0.2, 0.25) is 5.02 Å². The maximum Gasteiger partial charge on any atom is 0.251 e. The van der Waals surface area contributed by atoms with Gasteiger partial charge in [0.25, 0.3) is 5.91 Å². The highest BCUT2D eigenvalue weighted by Gasteiger charge is 2.24. The van der Waals surface area contributed by atoms with E-state index in [9.17, 15) is 13.6 Å². The Morgan fingerprint density at radius 3 is 2.77 bits per heavy atom. The zero-order valence-corrected chi connectivity index (χ0v) is 12.2. The van der Waals surface area contributed by atoms with Crippen LogP contribution in [0.5, 0.6) is 5.75 Å². The lowest BCUT2D eigenvalue weighted by Crippen LogP contribution is -2.32. The molecule has 0 aromatic heterocycles. The fourth-order valence-electron chi connectivity index (χ4n) is 2.39. The van der Waals surface area contributed by atoms with Gasteiger partial charge in [0.05, 0.1) is 12.6 Å². The van der Waals surface area contributed by atoms with Gasteiger partial charge in [0.15, 0.2) is 11.6 Å². The summed E-state index contributed by atoms with van der Waals surface area (Å²) in [5.74, 6) is -1.86. The van der Waals surface area contributed by atoms with Crippen molar-refractivity contribution >= 4 is 17.5 Å². The van der Waals surface area contributed by atoms with E-state index in [1.54, 1.807) is 18.2 Å². The van der Waals surface area contributed by atoms with Crippen LogP contribution in [0, 0.1) is 11.6 Å². The van der Waals surface area contributed by atoms with E-state index in [-0.39, 0.29) is 11.6 Å². The van der Waals surface area contributed by atoms with E-state index in [4.69, 9.17) is 16.3 Å². The zero-order valence-electron chi connectivity index (χ0n) is 11.4. The molecule has 22 heavy (non-hydrogen) atoms. The van der Waals surface area contributed by atoms with Gasteiger partial charge in [0, 0.05) is 22.6 Å². The van der Waals surface area contributed by atoms with Crippen molar-refractivity contribution < 1.29 is 18.3 Å². The standard InChI is InChI=1S/C16H12ClF2NO2/c17-10-2-4-15-11(8-10)14(5-6-22-15)20-16(21)9-1-3-12(18)13(19)7-9/h1-4,7-8,14H,5-6H2,(H,20,21). The van der Waals surface area contributed by atoms with E-state index in [2.05, 4.69) is 5.32 Å². The summed E-state index contributed by atoms with van der Waals surface area (Å²) in [6, 6.07) is 7.94. The van der Waals surface area contributed by atoms with Crippen LogP contribution in [0.15, 0.2) is 36.4 Å². The number of halogens is 3. The molecule has 2 aromatic carbocycles. The van der Waals surface area contributed by atoms with Gasteiger partial charge >= 0.3 is 0 Å². The average Bonchev–Trinajstić information content (AvgIpc) is 2.50. The predicted octanol–water partition coefficient (Wildman–Crippen LogP) is 3.87. The van der Waals surface area contributed by atoms with Crippen molar-refractivity contribution in [1.29, 1.82) is 0 Å². The van der Waals surface area contributed by atoms with Crippen molar-refractivity contribution in [2.75, 3.05) is 6.61 Å². The quantitative estimate of drug-likeness (QED) is 0.911. The van der Waals surface area contributed by atoms with Crippen LogP contribution in [0.3, 0.4) is 0 Å². The topological polar surface area (TPSA) is 38.3 Å². The normalized spacial score (nSPS) is 16.6. The predicted molar refractivity (Wildman–Crippen MR) is 78.1 cm³/mol. The first-order chi connectivity index (χ1) is 10.5. The molecular formula is C16H12ClF2NO2. The first-order valence-electron chi connectivity index (χ1n) is 6.73. The summed E-state index contributed by atoms with van der Waals surface area (Å²) in [7, 11) is 0. The molecule has 1 unspecified atom stereocenters. The van der Waals surface area contributed by atoms with Gasteiger partial charge in [-0.2, -0.15) is 0 Å². The number of hydrogen-bond donors (Lipinski definition) is 1. The number of hydrogen-bond acceptors (Lipinski definition) is 2. The van der Waals surface area contributed by atoms with Gasteiger partial charge < -0.3 is 10.1 Å². The fraction of sp³-hybridized carbons (Fsp3) is 0.188. The molecule has 1 atom stereocenters. The molecular weight excluding hydrogens is 312 g/mol. The van der Waals surface area contributed by atoms with E-state index in [0.29, 0.717) is 23.8 Å². The minimum atomic E-state index is -1.05. The number of ether oxygens (including phenoxy) is 1. The number of benzene rings is 2. The first kappa shape index (κ1) is 14.8. The third-order valence-corrected chi connectivity index (χ3v) is 3.73. The van der Waals surface area contributed by atoms with Crippen molar-refractivity contribution in [1.82, 2.24) is 5.32 Å². The van der Waals surface area contributed by atoms with Crippen LogP contribution in [-0.4, -0.2) is 12.5 Å². The Morgan fingerprint density at radius 2 is 2.00 bits per heavy atom. The lowest BCUT2D eigenvalue weighted by atomic mass is 10.00. The van der Waals surface area contributed by atoms with Gasteiger partial charge in [-0.05, 0) is 36.4 Å². The molecule has 2 aromatic rings. The molecule has 0 spiro atoms. The molecule has 1 amide bonds. The van der Waals surface area contributed by atoms with Crippen LogP contribution in [0.1, 0.15) is 28.4 Å². The number of carbonyl (C=O) groups is 1. The highest BCUT2D eigenvalue weighted by Crippen LogP contribution is 2.34. The number of nitrogens with one attached hydrogen (secondary N) is 1. The van der Waals surface area contributed by atoms with Crippen LogP contribution in [0.25, 0.3) is 0 Å². The molecule has 1 aliphatic rings. The Hall–Kier alpha value is -2.14. The second-order valence-electron chi connectivity index (χ2n) is 4.97. The third-order valence-electron chi connectivity index (χ3n) is 3.50. The highest BCUT2D eigenvalue weighted by atomic mass is 35.5. The first-order valence-corrected chi connectivity index (χ1v) is 7.10. The smallest absolute Gasteiger partial charge is 0.251 e. The number of carbonyl (C=O) groups excluding carboxylic acids is 1. The van der Waals surface area contributed by atoms with E-state index in [1.807, 2.05) is 0 Å². The Balaban J connectivity index is 1.83. The molecule has 0 aliphatic carbocycles. The molecule has 0 radical (unpaired) electrons. The van der Waals surface area contributed by atoms with E-state index < -0.39 is 17.5 Å². The average molecular weight is 324 g/mol. The van der Waals surface area contributed by atoms with Crippen LogP contribution >= 0.6 is 11.6 Å². The van der Waals surface area contributed by atoms with Crippen LogP contribution in [0.4, 0.5) is 8.78 Å². The highest BCUT2D eigenvalue weighted by molar-refractivity contribution is 6.30. The van der Waals surface area contributed by atoms with Gasteiger partial charge in [-0.25, -0.2) is 8.78 Å². The maximum atomic E-state index is 13.2. The molecule has 114 valence electrons. The van der Waals surface area contributed by atoms with Gasteiger partial charge in [-0.1, -0.05) is 11.6 Å². The summed E-state index contributed by atoms with van der Waals surface area (Å²) in [6.07, 6.45) is 0.572. The lowest BCUT2D eigenvalue weighted by molar-refractivity contribution is 0.0924. The second-order valence-corrected chi connectivity index (χ2v) is 5.41. The maximum absolute atomic E-state index is 13.2. The molecule has 0 saturated carbocycles. The summed E-state index contributed by atoms with van der Waals surface area (Å²) < 4.78 is 31.7. The van der Waals surface area contributed by atoms with Gasteiger partial charge in [0.1, 0.15) is 5.75 Å². The summed E-state index contributed by atoms with van der Waals surface area (Å²) in [5, 5.41) is 3.34. The van der Waals surface area contributed by atoms with Gasteiger partial charge in [-0.3, -0.25) is 4.79 Å². The van der Waals surface area contributed by atoms with Crippen molar-refractivity contribution in [3.8, 4) is 5.75 Å². The summed E-state index contributed by atoms with van der Waals surface area (Å²) in [6.45, 7) is 0.456. The Bertz CT molecular complexity index is 736. The summed E-state index contributed by atoms with van der Waals surface area (Å²) in [4.78, 5) is 12.2. The van der Waals surface area contributed by atoms with Crippen molar-refractivity contribution in [2.24, 2.45) is 0 Å². The fourth-order valence-corrected chi connectivity index (χ4v) is 2.57.